The first-order chi connectivity index (χ1) is 16.2. The molecular weight excluding hydrogens is 456 g/mol. The number of fused-ring (bicyclic) bond motifs is 1. The van der Waals surface area contributed by atoms with Crippen LogP contribution in [0.4, 0.5) is 0 Å². The van der Waals surface area contributed by atoms with E-state index in [2.05, 4.69) is 0 Å². The molecule has 1 heterocycles. The van der Waals surface area contributed by atoms with Gasteiger partial charge in [-0.25, -0.2) is 4.79 Å². The number of carbonyl (C=O) groups excluding carboxylic acids is 1. The Kier molecular flexibility index (Phi) is 6.61. The largest absolute Gasteiger partial charge is 0.482 e. The van der Waals surface area contributed by atoms with Gasteiger partial charge < -0.3 is 18.6 Å². The van der Waals surface area contributed by atoms with Crippen molar-refractivity contribution < 1.29 is 23.4 Å². The molecule has 4 rings (SSSR count). The van der Waals surface area contributed by atoms with E-state index in [1.807, 2.05) is 39.8 Å². The molecule has 0 N–H and O–H groups in total. The Morgan fingerprint density at radius 1 is 0.853 bits per heavy atom. The quantitative estimate of drug-likeness (QED) is 0.234. The normalized spacial score (nSPS) is 10.9. The van der Waals surface area contributed by atoms with Crippen molar-refractivity contribution in [3.8, 4) is 23.0 Å². The molecule has 0 spiro atoms. The van der Waals surface area contributed by atoms with Gasteiger partial charge in [0.15, 0.2) is 6.61 Å². The Hall–Kier alpha value is -3.77. The molecule has 7 heteroatoms. The zero-order valence-corrected chi connectivity index (χ0v) is 20.0. The summed E-state index contributed by atoms with van der Waals surface area (Å²) in [5.74, 6) is 0.777. The van der Waals surface area contributed by atoms with Crippen LogP contribution in [0.5, 0.6) is 23.0 Å². The first-order valence-corrected chi connectivity index (χ1v) is 11.0. The fraction of sp³-hybridized carbons (Fsp3) is 0.185. The number of aryl methyl sites for hydroxylation is 4. The van der Waals surface area contributed by atoms with E-state index in [4.69, 9.17) is 30.2 Å². The summed E-state index contributed by atoms with van der Waals surface area (Å²) in [6.07, 6.45) is 1.23. The Morgan fingerprint density at radius 3 is 2.24 bits per heavy atom. The van der Waals surface area contributed by atoms with E-state index in [1.54, 1.807) is 18.2 Å². The summed E-state index contributed by atoms with van der Waals surface area (Å²) in [6.45, 7) is 7.44. The molecular formula is C27H23ClO6. The maximum absolute atomic E-state index is 12.9. The van der Waals surface area contributed by atoms with Gasteiger partial charge in [0.2, 0.25) is 11.2 Å². The lowest BCUT2D eigenvalue weighted by molar-refractivity contribution is -0.136. The van der Waals surface area contributed by atoms with Gasteiger partial charge in [-0.1, -0.05) is 17.7 Å². The number of carbonyl (C=O) groups is 1. The SMILES string of the molecule is Cc1ccc(OCC(=O)Oc2ccc3c(=O)c(Oc4cc(C)c(Cl)c(C)c4)coc3c2)cc1C. The molecule has 0 atom stereocenters. The second-order valence-corrected chi connectivity index (χ2v) is 8.45. The van der Waals surface area contributed by atoms with E-state index in [-0.39, 0.29) is 29.1 Å². The summed E-state index contributed by atoms with van der Waals surface area (Å²) in [4.78, 5) is 25.1. The number of esters is 1. The molecule has 3 aromatic carbocycles. The van der Waals surface area contributed by atoms with Crippen molar-refractivity contribution in [2.45, 2.75) is 27.7 Å². The second-order valence-electron chi connectivity index (χ2n) is 8.07. The number of benzene rings is 3. The van der Waals surface area contributed by atoms with Crippen LogP contribution >= 0.6 is 11.6 Å². The van der Waals surface area contributed by atoms with Crippen LogP contribution in [-0.4, -0.2) is 12.6 Å². The van der Waals surface area contributed by atoms with Gasteiger partial charge >= 0.3 is 5.97 Å². The third kappa shape index (κ3) is 5.07. The van der Waals surface area contributed by atoms with Gasteiger partial charge in [0.1, 0.15) is 29.1 Å². The molecule has 0 aliphatic carbocycles. The smallest absolute Gasteiger partial charge is 0.349 e. The van der Waals surface area contributed by atoms with Crippen LogP contribution in [0, 0.1) is 27.7 Å². The lowest BCUT2D eigenvalue weighted by Crippen LogP contribution is -2.17. The van der Waals surface area contributed by atoms with Gasteiger partial charge in [0.05, 0.1) is 5.39 Å². The maximum Gasteiger partial charge on any atom is 0.349 e. The van der Waals surface area contributed by atoms with Crippen molar-refractivity contribution in [3.63, 3.8) is 0 Å². The molecule has 34 heavy (non-hydrogen) atoms. The Balaban J connectivity index is 1.47. The molecule has 4 aromatic rings. The highest BCUT2D eigenvalue weighted by atomic mass is 35.5. The second kappa shape index (κ2) is 9.61. The predicted octanol–water partition coefficient (Wildman–Crippen LogP) is 6.46. The average molecular weight is 479 g/mol. The first-order valence-electron chi connectivity index (χ1n) is 10.6. The highest BCUT2D eigenvalue weighted by Crippen LogP contribution is 2.29. The molecule has 174 valence electrons. The van der Waals surface area contributed by atoms with Crippen molar-refractivity contribution in [1.82, 2.24) is 0 Å². The average Bonchev–Trinajstić information content (AvgIpc) is 2.80. The summed E-state index contributed by atoms with van der Waals surface area (Å²) < 4.78 is 22.2. The third-order valence-corrected chi connectivity index (χ3v) is 6.02. The molecule has 6 nitrogen and oxygen atoms in total. The van der Waals surface area contributed by atoms with E-state index in [1.165, 1.54) is 24.5 Å². The van der Waals surface area contributed by atoms with E-state index >= 15 is 0 Å². The predicted molar refractivity (Wildman–Crippen MR) is 131 cm³/mol. The number of hydrogen-bond acceptors (Lipinski definition) is 6. The summed E-state index contributed by atoms with van der Waals surface area (Å²) >= 11 is 6.20. The van der Waals surface area contributed by atoms with E-state index in [0.29, 0.717) is 21.9 Å². The van der Waals surface area contributed by atoms with Gasteiger partial charge in [-0.2, -0.15) is 0 Å². The number of hydrogen-bond donors (Lipinski definition) is 0. The molecule has 0 bridgehead atoms. The van der Waals surface area contributed by atoms with Crippen LogP contribution < -0.4 is 19.6 Å². The Labute approximate surface area is 201 Å². The minimum absolute atomic E-state index is 0.0418. The minimum atomic E-state index is -0.576. The zero-order valence-electron chi connectivity index (χ0n) is 19.2. The number of ether oxygens (including phenoxy) is 3. The molecule has 0 radical (unpaired) electrons. The Bertz CT molecular complexity index is 1430. The third-order valence-electron chi connectivity index (χ3n) is 5.42. The van der Waals surface area contributed by atoms with Crippen molar-refractivity contribution in [2.24, 2.45) is 0 Å². The lowest BCUT2D eigenvalue weighted by atomic mass is 10.1. The van der Waals surface area contributed by atoms with Crippen LogP contribution in [-0.2, 0) is 4.79 Å². The first kappa shape index (κ1) is 23.4. The maximum atomic E-state index is 12.9. The molecule has 0 amide bonds. The topological polar surface area (TPSA) is 75.0 Å². The summed E-state index contributed by atoms with van der Waals surface area (Å²) in [7, 11) is 0. The monoisotopic (exact) mass is 478 g/mol. The molecule has 0 saturated carbocycles. The molecule has 0 saturated heterocycles. The van der Waals surface area contributed by atoms with E-state index in [9.17, 15) is 9.59 Å². The summed E-state index contributed by atoms with van der Waals surface area (Å²) in [5, 5.41) is 0.949. The standard InChI is InChI=1S/C27H23ClO6/c1-15-5-6-19(9-16(15)2)31-14-25(29)34-20-7-8-22-23(12-20)32-13-24(27(22)30)33-21-10-17(3)26(28)18(4)11-21/h5-13H,14H2,1-4H3. The van der Waals surface area contributed by atoms with Crippen molar-refractivity contribution in [1.29, 1.82) is 0 Å². The van der Waals surface area contributed by atoms with Crippen LogP contribution in [0.1, 0.15) is 22.3 Å². The van der Waals surface area contributed by atoms with Gasteiger partial charge in [0, 0.05) is 11.1 Å². The van der Waals surface area contributed by atoms with Gasteiger partial charge in [-0.3, -0.25) is 4.79 Å². The fourth-order valence-corrected chi connectivity index (χ4v) is 3.53. The Morgan fingerprint density at radius 2 is 1.53 bits per heavy atom. The molecule has 0 fully saturated rings. The van der Waals surface area contributed by atoms with Crippen LogP contribution in [0.3, 0.4) is 0 Å². The molecule has 0 aliphatic heterocycles. The highest BCUT2D eigenvalue weighted by Gasteiger charge is 2.13. The van der Waals surface area contributed by atoms with Crippen LogP contribution in [0.25, 0.3) is 11.0 Å². The molecule has 1 aromatic heterocycles. The van der Waals surface area contributed by atoms with Crippen LogP contribution in [0.15, 0.2) is 64.0 Å². The van der Waals surface area contributed by atoms with Gasteiger partial charge in [-0.15, -0.1) is 0 Å². The van der Waals surface area contributed by atoms with Gasteiger partial charge in [0.25, 0.3) is 0 Å². The lowest BCUT2D eigenvalue weighted by Gasteiger charge is -2.10. The van der Waals surface area contributed by atoms with E-state index < -0.39 is 5.97 Å². The van der Waals surface area contributed by atoms with Crippen molar-refractivity contribution in [2.75, 3.05) is 6.61 Å². The van der Waals surface area contributed by atoms with Crippen LogP contribution in [0.2, 0.25) is 5.02 Å². The fourth-order valence-electron chi connectivity index (χ4n) is 3.42. The zero-order chi connectivity index (χ0) is 24.4. The molecule has 0 unspecified atom stereocenters. The summed E-state index contributed by atoms with van der Waals surface area (Å²) in [5.41, 5.74) is 3.81. The molecule has 0 aliphatic rings. The van der Waals surface area contributed by atoms with Gasteiger partial charge in [-0.05, 0) is 86.3 Å². The minimum Gasteiger partial charge on any atom is -0.482 e. The van der Waals surface area contributed by atoms with Crippen molar-refractivity contribution >= 4 is 28.5 Å². The highest BCUT2D eigenvalue weighted by molar-refractivity contribution is 6.32. The van der Waals surface area contributed by atoms with E-state index in [0.717, 1.165) is 22.3 Å². The number of rotatable bonds is 6. The summed E-state index contributed by atoms with van der Waals surface area (Å²) in [6, 6.07) is 13.6. The number of halogens is 1. The van der Waals surface area contributed by atoms with Crippen molar-refractivity contribution in [3.05, 3.63) is 92.3 Å².